The molecule has 0 bridgehead atoms. The van der Waals surface area contributed by atoms with Gasteiger partial charge in [-0.25, -0.2) is 4.79 Å². The van der Waals surface area contributed by atoms with Crippen LogP contribution in [-0.4, -0.2) is 18.5 Å². The van der Waals surface area contributed by atoms with Crippen LogP contribution in [0.25, 0.3) is 0 Å². The predicted octanol–water partition coefficient (Wildman–Crippen LogP) is 3.60. The van der Waals surface area contributed by atoms with Crippen LogP contribution in [0.15, 0.2) is 48.6 Å². The number of carbonyl (C=O) groups is 2. The Bertz CT molecular complexity index is 563. The first-order chi connectivity index (χ1) is 10.3. The number of rotatable bonds is 5. The molecule has 22 heavy (non-hydrogen) atoms. The van der Waals surface area contributed by atoms with Crippen LogP contribution >= 0.6 is 0 Å². The number of hydrogen-bond acceptors (Lipinski definition) is 3. The number of anilines is 1. The predicted molar refractivity (Wildman–Crippen MR) is 88.7 cm³/mol. The third kappa shape index (κ3) is 6.39. The van der Waals surface area contributed by atoms with Crippen molar-refractivity contribution in [2.24, 2.45) is 0 Å². The molecule has 0 radical (unpaired) electrons. The minimum atomic E-state index is -0.545. The highest BCUT2D eigenvalue weighted by Crippen LogP contribution is 2.23. The Morgan fingerprint density at radius 1 is 1.14 bits per heavy atom. The molecular weight excluding hydrogens is 278 g/mol. The van der Waals surface area contributed by atoms with Gasteiger partial charge in [0.15, 0.2) is 6.61 Å². The smallest absolute Gasteiger partial charge is 0.331 e. The van der Waals surface area contributed by atoms with E-state index in [2.05, 4.69) is 26.1 Å². The zero-order valence-electron chi connectivity index (χ0n) is 13.6. The van der Waals surface area contributed by atoms with Crippen LogP contribution in [0.5, 0.6) is 0 Å². The van der Waals surface area contributed by atoms with Gasteiger partial charge in [-0.3, -0.25) is 4.79 Å². The lowest BCUT2D eigenvalue weighted by atomic mass is 9.87. The summed E-state index contributed by atoms with van der Waals surface area (Å²) in [5.41, 5.74) is 1.93. The van der Waals surface area contributed by atoms with Gasteiger partial charge in [0.2, 0.25) is 0 Å². The lowest BCUT2D eigenvalue weighted by Crippen LogP contribution is -2.20. The SMILES string of the molecule is C/C=C/C=C/C(=O)OCC(=O)Nc1ccc(C(C)(C)C)cc1. The molecule has 0 saturated carbocycles. The van der Waals surface area contributed by atoms with Crippen molar-refractivity contribution < 1.29 is 14.3 Å². The Kier molecular flexibility index (Phi) is 6.57. The summed E-state index contributed by atoms with van der Waals surface area (Å²) >= 11 is 0. The Balaban J connectivity index is 2.47. The molecule has 0 fully saturated rings. The summed E-state index contributed by atoms with van der Waals surface area (Å²) in [6.07, 6.45) is 6.33. The maximum atomic E-state index is 11.7. The quantitative estimate of drug-likeness (QED) is 0.513. The van der Waals surface area contributed by atoms with Crippen molar-refractivity contribution >= 4 is 17.6 Å². The van der Waals surface area contributed by atoms with E-state index in [1.165, 1.54) is 11.6 Å². The maximum absolute atomic E-state index is 11.7. The van der Waals surface area contributed by atoms with E-state index >= 15 is 0 Å². The molecule has 0 unspecified atom stereocenters. The number of nitrogens with one attached hydrogen (secondary N) is 1. The summed E-state index contributed by atoms with van der Waals surface area (Å²) in [7, 11) is 0. The fourth-order valence-electron chi connectivity index (χ4n) is 1.68. The Labute approximate surface area is 131 Å². The van der Waals surface area contributed by atoms with Gasteiger partial charge in [0.1, 0.15) is 0 Å². The molecule has 0 aliphatic heterocycles. The number of ether oxygens (including phenoxy) is 1. The average molecular weight is 301 g/mol. The number of esters is 1. The van der Waals surface area contributed by atoms with E-state index < -0.39 is 5.97 Å². The lowest BCUT2D eigenvalue weighted by molar-refractivity contribution is -0.142. The summed E-state index contributed by atoms with van der Waals surface area (Å²) < 4.78 is 4.83. The van der Waals surface area contributed by atoms with Gasteiger partial charge in [-0.2, -0.15) is 0 Å². The highest BCUT2D eigenvalue weighted by atomic mass is 16.5. The van der Waals surface area contributed by atoms with Gasteiger partial charge < -0.3 is 10.1 Å². The molecule has 1 aromatic rings. The van der Waals surface area contributed by atoms with Crippen molar-refractivity contribution in [1.29, 1.82) is 0 Å². The van der Waals surface area contributed by atoms with Gasteiger partial charge in [0.25, 0.3) is 5.91 Å². The number of allylic oxidation sites excluding steroid dienone is 3. The van der Waals surface area contributed by atoms with E-state index in [0.717, 1.165) is 0 Å². The molecule has 0 aliphatic carbocycles. The van der Waals surface area contributed by atoms with E-state index in [9.17, 15) is 9.59 Å². The first-order valence-corrected chi connectivity index (χ1v) is 7.19. The Morgan fingerprint density at radius 2 is 1.77 bits per heavy atom. The van der Waals surface area contributed by atoms with Gasteiger partial charge in [0, 0.05) is 11.8 Å². The first-order valence-electron chi connectivity index (χ1n) is 7.19. The van der Waals surface area contributed by atoms with Crippen LogP contribution in [0.2, 0.25) is 0 Å². The van der Waals surface area contributed by atoms with Gasteiger partial charge >= 0.3 is 5.97 Å². The van der Waals surface area contributed by atoms with Crippen molar-refractivity contribution in [3.63, 3.8) is 0 Å². The second-order valence-electron chi connectivity index (χ2n) is 5.87. The molecule has 118 valence electrons. The molecule has 0 aromatic heterocycles. The minimum Gasteiger partial charge on any atom is -0.452 e. The highest BCUT2D eigenvalue weighted by molar-refractivity contribution is 5.93. The second-order valence-corrected chi connectivity index (χ2v) is 5.87. The van der Waals surface area contributed by atoms with Crippen molar-refractivity contribution in [2.45, 2.75) is 33.1 Å². The maximum Gasteiger partial charge on any atom is 0.331 e. The number of amides is 1. The molecule has 0 spiro atoms. The Hall–Kier alpha value is -2.36. The van der Waals surface area contributed by atoms with Gasteiger partial charge in [0.05, 0.1) is 0 Å². The Morgan fingerprint density at radius 3 is 2.32 bits per heavy atom. The summed E-state index contributed by atoms with van der Waals surface area (Å²) in [5, 5.41) is 2.69. The molecule has 1 N–H and O–H groups in total. The molecular formula is C18H23NO3. The molecule has 1 aromatic carbocycles. The lowest BCUT2D eigenvalue weighted by Gasteiger charge is -2.19. The van der Waals surface area contributed by atoms with Crippen LogP contribution < -0.4 is 5.32 Å². The molecule has 4 nitrogen and oxygen atoms in total. The van der Waals surface area contributed by atoms with E-state index in [0.29, 0.717) is 5.69 Å². The molecule has 1 rings (SSSR count). The number of carbonyl (C=O) groups excluding carboxylic acids is 2. The van der Waals surface area contributed by atoms with E-state index in [4.69, 9.17) is 4.74 Å². The van der Waals surface area contributed by atoms with Crippen LogP contribution in [0, 0.1) is 0 Å². The average Bonchev–Trinajstić information content (AvgIpc) is 2.45. The summed E-state index contributed by atoms with van der Waals surface area (Å²) in [6, 6.07) is 7.63. The van der Waals surface area contributed by atoms with Crippen molar-refractivity contribution in [3.05, 3.63) is 54.1 Å². The van der Waals surface area contributed by atoms with Crippen LogP contribution in [-0.2, 0) is 19.7 Å². The molecule has 0 atom stereocenters. The summed E-state index contributed by atoms with van der Waals surface area (Å²) in [6.45, 7) is 7.91. The van der Waals surface area contributed by atoms with Crippen LogP contribution in [0.4, 0.5) is 5.69 Å². The van der Waals surface area contributed by atoms with Crippen molar-refractivity contribution in [2.75, 3.05) is 11.9 Å². The standard InChI is InChI=1S/C18H23NO3/c1-5-6-7-8-17(21)22-13-16(20)19-15-11-9-14(10-12-15)18(2,3)4/h5-12H,13H2,1-4H3,(H,19,20)/b6-5+,8-7+. The van der Waals surface area contributed by atoms with Crippen LogP contribution in [0.3, 0.4) is 0 Å². The second kappa shape index (κ2) is 8.17. The number of hydrogen-bond donors (Lipinski definition) is 1. The fourth-order valence-corrected chi connectivity index (χ4v) is 1.68. The third-order valence-corrected chi connectivity index (χ3v) is 2.92. The molecule has 0 aliphatic rings. The van der Waals surface area contributed by atoms with Gasteiger partial charge in [-0.05, 0) is 30.0 Å². The van der Waals surface area contributed by atoms with E-state index in [1.54, 1.807) is 18.2 Å². The minimum absolute atomic E-state index is 0.0668. The number of benzene rings is 1. The summed E-state index contributed by atoms with van der Waals surface area (Å²) in [4.78, 5) is 23.0. The van der Waals surface area contributed by atoms with Crippen molar-refractivity contribution in [1.82, 2.24) is 0 Å². The normalized spacial score (nSPS) is 11.8. The summed E-state index contributed by atoms with van der Waals surface area (Å²) in [5.74, 6) is -0.910. The van der Waals surface area contributed by atoms with Gasteiger partial charge in [-0.15, -0.1) is 0 Å². The van der Waals surface area contributed by atoms with Gasteiger partial charge in [-0.1, -0.05) is 51.1 Å². The zero-order chi connectivity index (χ0) is 16.6. The highest BCUT2D eigenvalue weighted by Gasteiger charge is 2.13. The molecule has 1 amide bonds. The largest absolute Gasteiger partial charge is 0.452 e. The molecule has 4 heteroatoms. The monoisotopic (exact) mass is 301 g/mol. The first kappa shape index (κ1) is 17.7. The third-order valence-electron chi connectivity index (χ3n) is 2.92. The topological polar surface area (TPSA) is 55.4 Å². The van der Waals surface area contributed by atoms with Crippen molar-refractivity contribution in [3.8, 4) is 0 Å². The van der Waals surface area contributed by atoms with E-state index in [-0.39, 0.29) is 17.9 Å². The fraction of sp³-hybridized carbons (Fsp3) is 0.333. The molecule has 0 heterocycles. The molecule has 0 saturated heterocycles. The zero-order valence-corrected chi connectivity index (χ0v) is 13.6. The van der Waals surface area contributed by atoms with E-state index in [1.807, 2.05) is 31.2 Å². The van der Waals surface area contributed by atoms with Crippen LogP contribution in [0.1, 0.15) is 33.3 Å².